The van der Waals surface area contributed by atoms with Gasteiger partial charge in [0.05, 0.1) is 22.6 Å². The SMILES string of the molecule is CC(=O)Oc1cc(C)c2c(c1)N(C/C=C(\C)CC/C=C(\C)CCC=C(C)C)C(=O)c1cccc(OC(C)=O)c1N2C. The average Bonchev–Trinajstić information content (AvgIpc) is 2.95. The number of hydrogen-bond donors (Lipinski definition) is 0. The van der Waals surface area contributed by atoms with Crippen molar-refractivity contribution in [3.8, 4) is 11.5 Å². The zero-order valence-electron chi connectivity index (χ0n) is 25.6. The number of fused-ring (bicyclic) bond motifs is 2. The van der Waals surface area contributed by atoms with Crippen molar-refractivity contribution in [3.05, 3.63) is 76.4 Å². The number of nitrogens with zero attached hydrogens (tertiary/aromatic N) is 2. The lowest BCUT2D eigenvalue weighted by atomic mass is 10.1. The molecular formula is C34H42N2O5. The molecule has 1 aliphatic rings. The van der Waals surface area contributed by atoms with Gasteiger partial charge in [-0.15, -0.1) is 0 Å². The quantitative estimate of drug-likeness (QED) is 0.167. The predicted molar refractivity (Wildman–Crippen MR) is 165 cm³/mol. The third kappa shape index (κ3) is 8.19. The normalized spacial score (nSPS) is 13.3. The van der Waals surface area contributed by atoms with Crippen LogP contribution >= 0.6 is 0 Å². The van der Waals surface area contributed by atoms with Crippen molar-refractivity contribution in [1.82, 2.24) is 0 Å². The Hall–Kier alpha value is -4.13. The van der Waals surface area contributed by atoms with E-state index in [4.69, 9.17) is 9.47 Å². The van der Waals surface area contributed by atoms with Gasteiger partial charge in [0, 0.05) is 33.5 Å². The van der Waals surface area contributed by atoms with Crippen molar-refractivity contribution in [1.29, 1.82) is 0 Å². The number of ether oxygens (including phenoxy) is 2. The number of anilines is 3. The first-order valence-corrected chi connectivity index (χ1v) is 14.0. The molecule has 0 aromatic heterocycles. The molecule has 1 amide bonds. The summed E-state index contributed by atoms with van der Waals surface area (Å²) in [6.45, 7) is 13.4. The Morgan fingerprint density at radius 1 is 0.829 bits per heavy atom. The van der Waals surface area contributed by atoms with Gasteiger partial charge in [0.15, 0.2) is 5.75 Å². The van der Waals surface area contributed by atoms with Gasteiger partial charge in [-0.1, -0.05) is 41.0 Å². The molecule has 0 N–H and O–H groups in total. The molecule has 0 bridgehead atoms. The van der Waals surface area contributed by atoms with Gasteiger partial charge in [0.25, 0.3) is 5.91 Å². The molecule has 0 spiro atoms. The fraction of sp³-hybridized carbons (Fsp3) is 0.382. The number of aryl methyl sites for hydroxylation is 1. The van der Waals surface area contributed by atoms with Crippen LogP contribution in [0, 0.1) is 6.92 Å². The number of allylic oxidation sites excluding steroid dienone is 5. The average molecular weight is 559 g/mol. The zero-order valence-corrected chi connectivity index (χ0v) is 25.6. The molecule has 0 fully saturated rings. The minimum absolute atomic E-state index is 0.238. The lowest BCUT2D eigenvalue weighted by Crippen LogP contribution is -2.31. The molecule has 0 unspecified atom stereocenters. The van der Waals surface area contributed by atoms with Crippen LogP contribution in [0.5, 0.6) is 11.5 Å². The number of benzene rings is 2. The maximum atomic E-state index is 14.1. The topological polar surface area (TPSA) is 76.1 Å². The summed E-state index contributed by atoms with van der Waals surface area (Å²) in [7, 11) is 1.84. The van der Waals surface area contributed by atoms with Gasteiger partial charge >= 0.3 is 11.9 Å². The highest BCUT2D eigenvalue weighted by molar-refractivity contribution is 6.15. The number of amides is 1. The van der Waals surface area contributed by atoms with E-state index in [2.05, 4.69) is 45.9 Å². The monoisotopic (exact) mass is 558 g/mol. The van der Waals surface area contributed by atoms with E-state index >= 15 is 0 Å². The van der Waals surface area contributed by atoms with Gasteiger partial charge < -0.3 is 19.3 Å². The maximum Gasteiger partial charge on any atom is 0.308 e. The van der Waals surface area contributed by atoms with Crippen molar-refractivity contribution in [2.45, 2.75) is 74.1 Å². The summed E-state index contributed by atoms with van der Waals surface area (Å²) < 4.78 is 10.9. The lowest BCUT2D eigenvalue weighted by Gasteiger charge is -2.27. The molecule has 1 heterocycles. The molecule has 0 radical (unpaired) electrons. The highest BCUT2D eigenvalue weighted by Gasteiger charge is 2.33. The second-order valence-corrected chi connectivity index (χ2v) is 10.9. The van der Waals surface area contributed by atoms with Crippen LogP contribution in [0.1, 0.15) is 83.1 Å². The van der Waals surface area contributed by atoms with E-state index in [0.717, 1.165) is 36.9 Å². The van der Waals surface area contributed by atoms with E-state index in [0.29, 0.717) is 35.0 Å². The van der Waals surface area contributed by atoms with Crippen LogP contribution in [0.3, 0.4) is 0 Å². The van der Waals surface area contributed by atoms with Gasteiger partial charge in [-0.05, 0) is 84.1 Å². The molecule has 7 nitrogen and oxygen atoms in total. The Balaban J connectivity index is 1.98. The Labute approximate surface area is 244 Å². The number of hydrogen-bond acceptors (Lipinski definition) is 6. The molecule has 3 rings (SSSR count). The highest BCUT2D eigenvalue weighted by atomic mass is 16.5. The van der Waals surface area contributed by atoms with E-state index in [1.807, 2.05) is 18.9 Å². The van der Waals surface area contributed by atoms with Gasteiger partial charge in [-0.3, -0.25) is 14.4 Å². The standard InChI is InChI=1S/C34H42N2O5/c1-22(2)12-9-13-23(3)14-10-15-24(4)18-19-36-30-21-28(40-26(6)37)20-25(5)32(30)35(8)33-29(34(36)39)16-11-17-31(33)41-27(7)38/h11-12,14,16-18,20-21H,9-10,13,15,19H2,1-8H3/b23-14+,24-18+. The van der Waals surface area contributed by atoms with Crippen LogP contribution in [0.15, 0.2) is 65.3 Å². The van der Waals surface area contributed by atoms with Crippen molar-refractivity contribution in [3.63, 3.8) is 0 Å². The van der Waals surface area contributed by atoms with E-state index in [1.165, 1.54) is 30.6 Å². The second-order valence-electron chi connectivity index (χ2n) is 10.9. The van der Waals surface area contributed by atoms with Crippen LogP contribution in [-0.2, 0) is 9.59 Å². The Morgan fingerprint density at radius 2 is 1.46 bits per heavy atom. The number of carbonyl (C=O) groups is 3. The van der Waals surface area contributed by atoms with E-state index in [1.54, 1.807) is 35.2 Å². The Kier molecular flexibility index (Phi) is 10.7. The van der Waals surface area contributed by atoms with Crippen molar-refractivity contribution in [2.75, 3.05) is 23.4 Å². The van der Waals surface area contributed by atoms with Crippen molar-refractivity contribution < 1.29 is 23.9 Å². The molecule has 2 aromatic carbocycles. The summed E-state index contributed by atoms with van der Waals surface area (Å²) in [5, 5.41) is 0. The highest BCUT2D eigenvalue weighted by Crippen LogP contribution is 2.47. The third-order valence-corrected chi connectivity index (χ3v) is 6.95. The molecular weight excluding hydrogens is 516 g/mol. The number of esters is 2. The first kappa shape index (κ1) is 31.4. The third-order valence-electron chi connectivity index (χ3n) is 6.95. The largest absolute Gasteiger partial charge is 0.427 e. The fourth-order valence-electron chi connectivity index (χ4n) is 5.01. The summed E-state index contributed by atoms with van der Waals surface area (Å²) in [5.41, 5.74) is 6.99. The molecule has 0 atom stereocenters. The zero-order chi connectivity index (χ0) is 30.3. The Morgan fingerprint density at radius 3 is 2.10 bits per heavy atom. The number of rotatable bonds is 10. The second kappa shape index (κ2) is 14.0. The van der Waals surface area contributed by atoms with Gasteiger partial charge in [-0.25, -0.2) is 0 Å². The van der Waals surface area contributed by atoms with E-state index in [-0.39, 0.29) is 5.91 Å². The van der Waals surface area contributed by atoms with Crippen LogP contribution in [-0.4, -0.2) is 31.4 Å². The molecule has 7 heteroatoms. The lowest BCUT2D eigenvalue weighted by molar-refractivity contribution is -0.132. The summed E-state index contributed by atoms with van der Waals surface area (Å²) in [4.78, 5) is 41.3. The van der Waals surface area contributed by atoms with Gasteiger partial charge in [0.2, 0.25) is 0 Å². The number of carbonyl (C=O) groups excluding carboxylic acids is 3. The maximum absolute atomic E-state index is 14.1. The molecule has 1 aliphatic heterocycles. The molecule has 218 valence electrons. The summed E-state index contributed by atoms with van der Waals surface area (Å²) in [5.74, 6) is -0.481. The van der Waals surface area contributed by atoms with Crippen molar-refractivity contribution >= 4 is 34.9 Å². The molecule has 2 aromatic rings. The summed E-state index contributed by atoms with van der Waals surface area (Å²) >= 11 is 0. The first-order valence-electron chi connectivity index (χ1n) is 14.0. The molecule has 0 saturated heterocycles. The number of para-hydroxylation sites is 1. The predicted octanol–water partition coefficient (Wildman–Crippen LogP) is 7.99. The smallest absolute Gasteiger partial charge is 0.308 e. The van der Waals surface area contributed by atoms with Crippen molar-refractivity contribution in [2.24, 2.45) is 0 Å². The molecule has 0 aliphatic carbocycles. The fourth-order valence-corrected chi connectivity index (χ4v) is 5.01. The van der Waals surface area contributed by atoms with Crippen LogP contribution in [0.4, 0.5) is 17.1 Å². The van der Waals surface area contributed by atoms with Crippen LogP contribution < -0.4 is 19.3 Å². The van der Waals surface area contributed by atoms with Crippen LogP contribution in [0.25, 0.3) is 0 Å². The minimum atomic E-state index is -0.470. The summed E-state index contributed by atoms with van der Waals surface area (Å²) in [6, 6.07) is 8.62. The molecule has 0 saturated carbocycles. The first-order chi connectivity index (χ1) is 19.4. The van der Waals surface area contributed by atoms with Crippen LogP contribution in [0.2, 0.25) is 0 Å². The summed E-state index contributed by atoms with van der Waals surface area (Å²) in [6.07, 6.45) is 10.5. The van der Waals surface area contributed by atoms with Gasteiger partial charge in [-0.2, -0.15) is 0 Å². The Bertz CT molecular complexity index is 1410. The minimum Gasteiger partial charge on any atom is -0.427 e. The molecule has 41 heavy (non-hydrogen) atoms. The van der Waals surface area contributed by atoms with E-state index < -0.39 is 11.9 Å². The van der Waals surface area contributed by atoms with Gasteiger partial charge in [0.1, 0.15) is 5.75 Å². The van der Waals surface area contributed by atoms with E-state index in [9.17, 15) is 14.4 Å².